The first kappa shape index (κ1) is 31.9. The summed E-state index contributed by atoms with van der Waals surface area (Å²) in [6.07, 6.45) is 6.56. The molecule has 0 N–H and O–H groups in total. The van der Waals surface area contributed by atoms with Crippen LogP contribution in [0, 0.1) is 12.3 Å². The fourth-order valence-electron chi connectivity index (χ4n) is 5.84. The number of hydrogen-bond donors (Lipinski definition) is 0. The zero-order valence-electron chi connectivity index (χ0n) is 26.9. The lowest BCUT2D eigenvalue weighted by Gasteiger charge is -2.36. The lowest BCUT2D eigenvalue weighted by molar-refractivity contribution is -0.164. The molecule has 3 heterocycles. The van der Waals surface area contributed by atoms with Crippen molar-refractivity contribution in [1.82, 2.24) is 14.1 Å². The topological polar surface area (TPSA) is 106 Å². The molecule has 9 nitrogen and oxygen atoms in total. The molecule has 0 amide bonds. The van der Waals surface area contributed by atoms with Crippen LogP contribution in [0.25, 0.3) is 21.0 Å². The highest BCUT2D eigenvalue weighted by atomic mass is 32.1. The molecule has 0 bridgehead atoms. The molecule has 44 heavy (non-hydrogen) atoms. The summed E-state index contributed by atoms with van der Waals surface area (Å²) in [7, 11) is 0. The maximum absolute atomic E-state index is 14.5. The molecule has 1 saturated carbocycles. The Bertz CT molecular complexity index is 1750. The second-order valence-electron chi connectivity index (χ2n) is 14.1. The largest absolute Gasteiger partial charge is 0.458 e. The number of carbonyl (C=O) groups is 1. The molecule has 1 aromatic carbocycles. The summed E-state index contributed by atoms with van der Waals surface area (Å²) in [4.78, 5) is 47.7. The summed E-state index contributed by atoms with van der Waals surface area (Å²) in [5.41, 5.74) is -1.72. The quantitative estimate of drug-likeness (QED) is 0.195. The number of ether oxygens (including phenoxy) is 2. The molecule has 1 unspecified atom stereocenters. The average molecular weight is 622 g/mol. The monoisotopic (exact) mass is 621 g/mol. The molecule has 1 atom stereocenters. The second-order valence-corrected chi connectivity index (χ2v) is 15.1. The fourth-order valence-corrected chi connectivity index (χ4v) is 7.08. The zero-order chi connectivity index (χ0) is 32.0. The lowest BCUT2D eigenvalue weighted by Crippen LogP contribution is -2.54. The van der Waals surface area contributed by atoms with E-state index in [9.17, 15) is 14.4 Å². The van der Waals surface area contributed by atoms with Crippen molar-refractivity contribution >= 4 is 27.5 Å². The predicted octanol–water partition coefficient (Wildman–Crippen LogP) is 6.99. The van der Waals surface area contributed by atoms with Crippen molar-refractivity contribution < 1.29 is 18.7 Å². The summed E-state index contributed by atoms with van der Waals surface area (Å²) in [5.74, 6) is -0.308. The van der Waals surface area contributed by atoms with Gasteiger partial charge in [-0.3, -0.25) is 9.36 Å². The van der Waals surface area contributed by atoms with E-state index in [1.54, 1.807) is 45.4 Å². The van der Waals surface area contributed by atoms with Crippen LogP contribution in [-0.4, -0.2) is 31.8 Å². The fraction of sp³-hybridized carbons (Fsp3) is 0.529. The molecule has 3 aromatic heterocycles. The molecular weight excluding hydrogens is 578 g/mol. The van der Waals surface area contributed by atoms with Gasteiger partial charge < -0.3 is 13.9 Å². The minimum absolute atomic E-state index is 0.0384. The maximum atomic E-state index is 14.5. The highest BCUT2D eigenvalue weighted by Crippen LogP contribution is 2.39. The normalized spacial score (nSPS) is 16.7. The van der Waals surface area contributed by atoms with Crippen molar-refractivity contribution in [2.24, 2.45) is 5.41 Å². The Balaban J connectivity index is 1.70. The van der Waals surface area contributed by atoms with E-state index < -0.39 is 34.5 Å². The molecule has 4 aromatic rings. The van der Waals surface area contributed by atoms with Crippen molar-refractivity contribution in [1.29, 1.82) is 0 Å². The van der Waals surface area contributed by atoms with Crippen LogP contribution in [0.3, 0.4) is 0 Å². The van der Waals surface area contributed by atoms with Gasteiger partial charge in [0.2, 0.25) is 5.89 Å². The van der Waals surface area contributed by atoms with Crippen LogP contribution in [0.1, 0.15) is 91.4 Å². The van der Waals surface area contributed by atoms with Crippen LogP contribution < -0.4 is 11.2 Å². The first-order valence-electron chi connectivity index (χ1n) is 15.2. The van der Waals surface area contributed by atoms with E-state index in [1.807, 2.05) is 37.3 Å². The van der Waals surface area contributed by atoms with Gasteiger partial charge in [-0.1, -0.05) is 44.2 Å². The van der Waals surface area contributed by atoms with Crippen molar-refractivity contribution in [3.05, 3.63) is 74.8 Å². The number of aryl methyl sites for hydroxylation is 1. The van der Waals surface area contributed by atoms with Gasteiger partial charge in [-0.25, -0.2) is 19.1 Å². The van der Waals surface area contributed by atoms with Gasteiger partial charge in [-0.05, 0) is 83.8 Å². The molecule has 0 spiro atoms. The first-order valence-corrected chi connectivity index (χ1v) is 16.0. The number of rotatable bonds is 8. The minimum atomic E-state index is -1.59. The van der Waals surface area contributed by atoms with Crippen molar-refractivity contribution in [3.8, 4) is 10.8 Å². The van der Waals surface area contributed by atoms with Crippen LogP contribution >= 0.6 is 11.3 Å². The molecule has 0 saturated heterocycles. The van der Waals surface area contributed by atoms with Crippen molar-refractivity contribution in [2.75, 3.05) is 0 Å². The number of nitrogens with zero attached hydrogens (tertiary/aromatic N) is 3. The average Bonchev–Trinajstić information content (AvgIpc) is 3.59. The van der Waals surface area contributed by atoms with Crippen LogP contribution in [0.2, 0.25) is 0 Å². The Morgan fingerprint density at radius 3 is 2.36 bits per heavy atom. The Morgan fingerprint density at radius 1 is 1.11 bits per heavy atom. The summed E-state index contributed by atoms with van der Waals surface area (Å²) in [6, 6.07) is 9.85. The van der Waals surface area contributed by atoms with Gasteiger partial charge in [0, 0.05) is 0 Å². The SMILES string of the molecule is Cc1c(-c2ncco2)sc2c1c(=O)n(C(C)(C)C(=O)OC(C)(C)C)c(=O)n2CC(OC1CCC(C)(C)CC1)c1ccccc1. The van der Waals surface area contributed by atoms with E-state index in [4.69, 9.17) is 13.9 Å². The first-order chi connectivity index (χ1) is 20.6. The summed E-state index contributed by atoms with van der Waals surface area (Å²) in [6.45, 7) is 14.9. The summed E-state index contributed by atoms with van der Waals surface area (Å²) < 4.78 is 20.7. The number of hydrogen-bond acceptors (Lipinski definition) is 8. The van der Waals surface area contributed by atoms with Gasteiger partial charge in [-0.2, -0.15) is 0 Å². The van der Waals surface area contributed by atoms with Gasteiger partial charge in [0.05, 0.1) is 29.1 Å². The standard InChI is InChI=1S/C34H43N3O6S/c1-21-25-28(38)37(34(7,8)30(39)43-32(2,3)4)31(40)36(29(25)44-26(21)27-35-18-19-41-27)20-24(22-12-10-9-11-13-22)42-23-14-16-33(5,6)17-15-23/h9-13,18-19,23-24H,14-17,20H2,1-8H3. The number of oxazole rings is 1. The van der Waals surface area contributed by atoms with Crippen LogP contribution in [0.5, 0.6) is 0 Å². The Labute approximate surface area is 261 Å². The smallest absolute Gasteiger partial charge is 0.333 e. The highest BCUT2D eigenvalue weighted by Gasteiger charge is 2.39. The minimum Gasteiger partial charge on any atom is -0.458 e. The van der Waals surface area contributed by atoms with E-state index in [2.05, 4.69) is 18.8 Å². The van der Waals surface area contributed by atoms with Gasteiger partial charge in [0.1, 0.15) is 28.3 Å². The van der Waals surface area contributed by atoms with E-state index in [0.717, 1.165) is 35.8 Å². The highest BCUT2D eigenvalue weighted by molar-refractivity contribution is 7.22. The third kappa shape index (κ3) is 6.33. The van der Waals surface area contributed by atoms with E-state index in [0.29, 0.717) is 26.5 Å². The van der Waals surface area contributed by atoms with Gasteiger partial charge in [0.15, 0.2) is 0 Å². The van der Waals surface area contributed by atoms with Crippen LogP contribution in [0.4, 0.5) is 0 Å². The molecule has 1 aliphatic carbocycles. The predicted molar refractivity (Wildman–Crippen MR) is 172 cm³/mol. The van der Waals surface area contributed by atoms with Gasteiger partial charge in [-0.15, -0.1) is 11.3 Å². The second kappa shape index (κ2) is 11.8. The molecule has 0 aliphatic heterocycles. The Hall–Kier alpha value is -3.50. The molecule has 10 heteroatoms. The van der Waals surface area contributed by atoms with E-state index in [-0.39, 0.29) is 18.1 Å². The summed E-state index contributed by atoms with van der Waals surface area (Å²) in [5, 5.41) is 0.339. The number of aromatic nitrogens is 3. The van der Waals surface area contributed by atoms with E-state index in [1.165, 1.54) is 17.6 Å². The van der Waals surface area contributed by atoms with Gasteiger partial charge >= 0.3 is 11.7 Å². The number of esters is 1. The van der Waals surface area contributed by atoms with E-state index >= 15 is 0 Å². The zero-order valence-corrected chi connectivity index (χ0v) is 27.7. The van der Waals surface area contributed by atoms with Crippen LogP contribution in [-0.2, 0) is 26.4 Å². The number of fused-ring (bicyclic) bond motifs is 1. The molecule has 1 fully saturated rings. The van der Waals surface area contributed by atoms with Gasteiger partial charge in [0.25, 0.3) is 5.56 Å². The van der Waals surface area contributed by atoms with Crippen molar-refractivity contribution in [2.45, 2.75) is 111 Å². The molecular formula is C34H43N3O6S. The third-order valence-electron chi connectivity index (χ3n) is 8.46. The number of thiophene rings is 1. The lowest BCUT2D eigenvalue weighted by atomic mass is 9.76. The number of benzene rings is 1. The molecule has 0 radical (unpaired) electrons. The summed E-state index contributed by atoms with van der Waals surface area (Å²) >= 11 is 1.28. The Morgan fingerprint density at radius 2 is 1.77 bits per heavy atom. The number of carbonyl (C=O) groups excluding carboxylic acids is 1. The molecule has 1 aliphatic rings. The Kier molecular flexibility index (Phi) is 8.54. The third-order valence-corrected chi connectivity index (χ3v) is 9.76. The molecule has 236 valence electrons. The molecule has 5 rings (SSSR count). The van der Waals surface area contributed by atoms with Crippen molar-refractivity contribution in [3.63, 3.8) is 0 Å². The maximum Gasteiger partial charge on any atom is 0.333 e. The van der Waals surface area contributed by atoms with Crippen LogP contribution in [0.15, 0.2) is 56.8 Å².